The number of allylic oxidation sites excluding steroid dienone is 13. The van der Waals surface area contributed by atoms with Gasteiger partial charge in [-0.3, -0.25) is 9.36 Å². The summed E-state index contributed by atoms with van der Waals surface area (Å²) >= 11 is 0. The maximum Gasteiger partial charge on any atom is 0.268 e. The Hall–Kier alpha value is -2.32. The molecule has 0 saturated carbocycles. The highest BCUT2D eigenvalue weighted by Crippen LogP contribution is 2.38. The summed E-state index contributed by atoms with van der Waals surface area (Å²) < 4.78 is 23.3. The van der Waals surface area contributed by atoms with E-state index in [0.29, 0.717) is 17.4 Å². The lowest BCUT2D eigenvalue weighted by molar-refractivity contribution is -0.870. The summed E-state index contributed by atoms with van der Waals surface area (Å²) in [6.07, 6.45) is 63.5. The van der Waals surface area contributed by atoms with Crippen LogP contribution < -0.4 is 10.2 Å². The molecule has 9 heteroatoms. The molecule has 0 aromatic rings. The Bertz CT molecular complexity index is 1310. The molecule has 0 aliphatic rings. The molecule has 1 amide bonds. The van der Waals surface area contributed by atoms with Gasteiger partial charge >= 0.3 is 0 Å². The summed E-state index contributed by atoms with van der Waals surface area (Å²) in [6.45, 7) is 4.51. The highest BCUT2D eigenvalue weighted by Gasteiger charge is 2.23. The second-order valence-corrected chi connectivity index (χ2v) is 19.9. The van der Waals surface area contributed by atoms with E-state index in [1.54, 1.807) is 6.08 Å². The molecule has 0 aromatic heterocycles. The average Bonchev–Trinajstić information content (AvgIpc) is 3.25. The lowest BCUT2D eigenvalue weighted by Crippen LogP contribution is -2.45. The lowest BCUT2D eigenvalue weighted by atomic mass is 10.0. The van der Waals surface area contributed by atoms with Crippen molar-refractivity contribution in [3.8, 4) is 0 Å². The van der Waals surface area contributed by atoms with Crippen molar-refractivity contribution in [1.29, 1.82) is 0 Å². The zero-order valence-corrected chi connectivity index (χ0v) is 42.8. The third-order valence-electron chi connectivity index (χ3n) is 11.1. The van der Waals surface area contributed by atoms with Gasteiger partial charge in [0, 0.05) is 6.42 Å². The topological polar surface area (TPSA) is 108 Å². The molecule has 2 N–H and O–H groups in total. The van der Waals surface area contributed by atoms with E-state index < -0.39 is 20.0 Å². The predicted octanol–water partition coefficient (Wildman–Crippen LogP) is 14.7. The van der Waals surface area contributed by atoms with Crippen LogP contribution in [0.5, 0.6) is 0 Å². The number of hydrogen-bond donors (Lipinski definition) is 2. The Morgan fingerprint density at radius 3 is 1.39 bits per heavy atom. The molecule has 0 bridgehead atoms. The molecule has 0 aromatic carbocycles. The predicted molar refractivity (Wildman–Crippen MR) is 274 cm³/mol. The quantitative estimate of drug-likeness (QED) is 0.0273. The van der Waals surface area contributed by atoms with Gasteiger partial charge in [0.05, 0.1) is 39.9 Å². The van der Waals surface area contributed by atoms with Gasteiger partial charge in [-0.05, 0) is 70.6 Å². The van der Waals surface area contributed by atoms with E-state index in [-0.39, 0.29) is 19.1 Å². The minimum Gasteiger partial charge on any atom is -0.756 e. The Kier molecular flexibility index (Phi) is 44.2. The molecule has 0 aliphatic carbocycles. The first-order valence-corrected chi connectivity index (χ1v) is 27.4. The van der Waals surface area contributed by atoms with Crippen LogP contribution in [0.3, 0.4) is 0 Å². The lowest BCUT2D eigenvalue weighted by Gasteiger charge is -2.29. The minimum absolute atomic E-state index is 0.00551. The third kappa shape index (κ3) is 47.6. The molecule has 0 rings (SSSR count). The first-order valence-electron chi connectivity index (χ1n) is 25.9. The van der Waals surface area contributed by atoms with E-state index >= 15 is 0 Å². The molecule has 0 aliphatic heterocycles. The zero-order valence-electron chi connectivity index (χ0n) is 42.0. The van der Waals surface area contributed by atoms with Crippen molar-refractivity contribution >= 4 is 13.7 Å². The number of likely N-dealkylation sites (N-methyl/N-ethyl adjacent to an activating group) is 1. The first kappa shape index (κ1) is 61.7. The molecule has 0 fully saturated rings. The van der Waals surface area contributed by atoms with Gasteiger partial charge < -0.3 is 28.8 Å². The highest BCUT2D eigenvalue weighted by molar-refractivity contribution is 7.45. The molecule has 0 radical (unpaired) electrons. The van der Waals surface area contributed by atoms with E-state index in [4.69, 9.17) is 9.05 Å². The van der Waals surface area contributed by atoms with Crippen LogP contribution in [0.2, 0.25) is 0 Å². The number of phosphoric ester groups is 1. The molecule has 370 valence electrons. The van der Waals surface area contributed by atoms with Crippen molar-refractivity contribution in [1.82, 2.24) is 5.32 Å². The Morgan fingerprint density at radius 1 is 0.562 bits per heavy atom. The summed E-state index contributed by atoms with van der Waals surface area (Å²) in [7, 11) is 1.25. The number of phosphoric acid groups is 1. The van der Waals surface area contributed by atoms with Gasteiger partial charge in [0.1, 0.15) is 13.2 Å². The number of rotatable bonds is 46. The Morgan fingerprint density at radius 2 is 0.953 bits per heavy atom. The van der Waals surface area contributed by atoms with Crippen LogP contribution >= 0.6 is 7.82 Å². The van der Waals surface area contributed by atoms with Gasteiger partial charge in [0.2, 0.25) is 5.91 Å². The molecule has 64 heavy (non-hydrogen) atoms. The van der Waals surface area contributed by atoms with Gasteiger partial charge in [0.15, 0.2) is 0 Å². The molecular formula is C55H99N2O6P. The second-order valence-electron chi connectivity index (χ2n) is 18.5. The van der Waals surface area contributed by atoms with Gasteiger partial charge in [-0.1, -0.05) is 214 Å². The van der Waals surface area contributed by atoms with E-state index in [2.05, 4.69) is 92.1 Å². The van der Waals surface area contributed by atoms with Crippen LogP contribution in [0, 0.1) is 0 Å². The molecule has 3 atom stereocenters. The van der Waals surface area contributed by atoms with Gasteiger partial charge in [-0.25, -0.2) is 0 Å². The van der Waals surface area contributed by atoms with Crippen LogP contribution in [0.15, 0.2) is 85.1 Å². The van der Waals surface area contributed by atoms with Crippen molar-refractivity contribution in [2.45, 2.75) is 219 Å². The first-order chi connectivity index (χ1) is 31.0. The van der Waals surface area contributed by atoms with E-state index in [1.807, 2.05) is 27.2 Å². The van der Waals surface area contributed by atoms with Crippen LogP contribution in [0.1, 0.15) is 206 Å². The normalized spacial score (nSPS) is 14.8. The number of nitrogens with zero attached hydrogens (tertiary/aromatic N) is 1. The molecule has 8 nitrogen and oxygen atoms in total. The maximum absolute atomic E-state index is 12.9. The van der Waals surface area contributed by atoms with E-state index in [1.165, 1.54) is 103 Å². The number of aliphatic hydroxyl groups excluding tert-OH is 1. The SMILES string of the molecule is CC/C=C\C/C=C\C/C=C\C/C=C\C/C=C\C/C=C\CCCCCCCCCCCCC(=O)NC(COP(=O)([O-])OCC[N+](C)(C)C)C(O)/C=C/CCCCCCCCCCCCC. The van der Waals surface area contributed by atoms with Crippen molar-refractivity contribution in [2.75, 3.05) is 40.9 Å². The van der Waals surface area contributed by atoms with Crippen molar-refractivity contribution in [3.63, 3.8) is 0 Å². The van der Waals surface area contributed by atoms with Crippen molar-refractivity contribution < 1.29 is 32.9 Å². The third-order valence-corrected chi connectivity index (χ3v) is 12.1. The molecule has 0 spiro atoms. The Balaban J connectivity index is 4.22. The number of unbranched alkanes of at least 4 members (excludes halogenated alkanes) is 21. The monoisotopic (exact) mass is 915 g/mol. The standard InChI is InChI=1S/C55H99N2O6P/c1-6-8-10-12-14-16-18-20-21-22-23-24-25-26-27-28-29-30-31-32-33-34-35-37-39-41-43-45-47-49-55(59)56-53(52-63-64(60,61)62-51-50-57(3,4)5)54(58)48-46-44-42-40-38-36-19-17-15-13-11-9-7-2/h8,10,14,16,20-21,23-24,26-27,29-30,46,48,53-54,58H,6-7,9,11-13,15,17-19,22,25,28,31-45,47,49-52H2,1-5H3,(H-,56,59,60,61)/b10-8-,16-14-,21-20-,24-23-,27-26-,30-29-,48-46+. The number of carbonyl (C=O) groups excluding carboxylic acids is 1. The number of carbonyl (C=O) groups is 1. The summed E-state index contributed by atoms with van der Waals surface area (Å²) in [6, 6.07) is -0.893. The fraction of sp³-hybridized carbons (Fsp3) is 0.727. The number of amides is 1. The number of quaternary nitrogens is 1. The summed E-state index contributed by atoms with van der Waals surface area (Å²) in [5, 5.41) is 13.8. The number of nitrogens with one attached hydrogen (secondary N) is 1. The number of hydrogen-bond acceptors (Lipinski definition) is 6. The van der Waals surface area contributed by atoms with Crippen molar-refractivity contribution in [3.05, 3.63) is 85.1 Å². The maximum atomic E-state index is 12.9. The molecular weight excluding hydrogens is 816 g/mol. The Labute approximate surface area is 395 Å². The minimum atomic E-state index is -4.60. The summed E-state index contributed by atoms with van der Waals surface area (Å²) in [5.74, 6) is -0.206. The smallest absolute Gasteiger partial charge is 0.268 e. The van der Waals surface area contributed by atoms with Crippen LogP contribution in [-0.2, 0) is 18.4 Å². The van der Waals surface area contributed by atoms with E-state index in [9.17, 15) is 19.4 Å². The fourth-order valence-electron chi connectivity index (χ4n) is 7.04. The zero-order chi connectivity index (χ0) is 47.1. The van der Waals surface area contributed by atoms with E-state index in [0.717, 1.165) is 83.5 Å². The van der Waals surface area contributed by atoms with Crippen molar-refractivity contribution in [2.24, 2.45) is 0 Å². The van der Waals surface area contributed by atoms with Gasteiger partial charge in [-0.2, -0.15) is 0 Å². The summed E-state index contributed by atoms with van der Waals surface area (Å²) in [5.41, 5.74) is 0. The van der Waals surface area contributed by atoms with Crippen LogP contribution in [0.4, 0.5) is 0 Å². The van der Waals surface area contributed by atoms with Crippen LogP contribution in [-0.4, -0.2) is 68.5 Å². The fourth-order valence-corrected chi connectivity index (χ4v) is 7.76. The van der Waals surface area contributed by atoms with Crippen LogP contribution in [0.25, 0.3) is 0 Å². The largest absolute Gasteiger partial charge is 0.756 e. The number of aliphatic hydroxyl groups is 1. The second kappa shape index (κ2) is 45.8. The molecule has 3 unspecified atom stereocenters. The average molecular weight is 915 g/mol. The molecule has 0 heterocycles. The highest BCUT2D eigenvalue weighted by atomic mass is 31.2. The van der Waals surface area contributed by atoms with Gasteiger partial charge in [0.25, 0.3) is 7.82 Å². The molecule has 0 saturated heterocycles. The van der Waals surface area contributed by atoms with Gasteiger partial charge in [-0.15, -0.1) is 0 Å². The summed E-state index contributed by atoms with van der Waals surface area (Å²) in [4.78, 5) is 25.4.